The molecule has 0 aliphatic carbocycles. The van der Waals surface area contributed by atoms with E-state index in [1.165, 1.54) is 11.8 Å². The van der Waals surface area contributed by atoms with Gasteiger partial charge in [0.25, 0.3) is 0 Å². The van der Waals surface area contributed by atoms with Gasteiger partial charge in [0.15, 0.2) is 5.65 Å². The summed E-state index contributed by atoms with van der Waals surface area (Å²) >= 11 is 12.5. The molecule has 158 valence electrons. The Morgan fingerprint density at radius 2 is 1.81 bits per heavy atom. The molecule has 2 aromatic carbocycles. The molecule has 0 atom stereocenters. The Labute approximate surface area is 187 Å². The van der Waals surface area contributed by atoms with Crippen molar-refractivity contribution in [1.29, 1.82) is 5.41 Å². The molecule has 0 unspecified atom stereocenters. The largest absolute Gasteiger partial charge is 0.333 e. The van der Waals surface area contributed by atoms with Gasteiger partial charge < -0.3 is 10.2 Å². The predicted octanol–water partition coefficient (Wildman–Crippen LogP) is 3.70. The maximum atomic E-state index is 12.7. The minimum Gasteiger partial charge on any atom is -0.324 e. The van der Waals surface area contributed by atoms with Crippen molar-refractivity contribution in [3.63, 3.8) is 0 Å². The zero-order valence-electron chi connectivity index (χ0n) is 16.8. The Kier molecular flexibility index (Phi) is 5.77. The maximum absolute atomic E-state index is 12.7. The Bertz CT molecular complexity index is 1360. The summed E-state index contributed by atoms with van der Waals surface area (Å²) in [6, 6.07) is 12.8. The average molecular weight is 456 g/mol. The smallest absolute Gasteiger partial charge is 0.324 e. The van der Waals surface area contributed by atoms with Crippen LogP contribution in [0.3, 0.4) is 0 Å². The van der Waals surface area contributed by atoms with Gasteiger partial charge in [-0.15, -0.1) is 0 Å². The first kappa shape index (κ1) is 21.0. The number of H-pyrrole nitrogens is 1. The van der Waals surface area contributed by atoms with E-state index in [2.05, 4.69) is 25.2 Å². The number of anilines is 2. The minimum absolute atomic E-state index is 0.117. The van der Waals surface area contributed by atoms with Gasteiger partial charge in [-0.05, 0) is 43.9 Å². The van der Waals surface area contributed by atoms with E-state index in [0.29, 0.717) is 11.3 Å². The lowest BCUT2D eigenvalue weighted by Gasteiger charge is -2.12. The van der Waals surface area contributed by atoms with Crippen LogP contribution in [0, 0.1) is 5.41 Å². The van der Waals surface area contributed by atoms with Gasteiger partial charge in [-0.3, -0.25) is 10.4 Å². The summed E-state index contributed by atoms with van der Waals surface area (Å²) in [5, 5.41) is 12.5. The van der Waals surface area contributed by atoms with Crippen LogP contribution in [0.4, 0.5) is 11.6 Å². The molecule has 0 saturated heterocycles. The fraction of sp³-hybridized carbons (Fsp3) is 0.143. The van der Waals surface area contributed by atoms with E-state index < -0.39 is 5.69 Å². The lowest BCUT2D eigenvalue weighted by Crippen LogP contribution is -2.34. The number of nitrogens with one attached hydrogen (secondary N) is 3. The number of aromatic nitrogens is 4. The molecule has 0 radical (unpaired) electrons. The SMILES string of the molecule is CN(C)Cc1ccc(Nc2ncc3c(=N)n(-c4c(Cl)cccc4Cl)c(=O)[nH]c3n2)cc1. The summed E-state index contributed by atoms with van der Waals surface area (Å²) in [6.07, 6.45) is 1.48. The number of halogens is 2. The average Bonchev–Trinajstić information content (AvgIpc) is 2.71. The Hall–Kier alpha value is -3.20. The molecular weight excluding hydrogens is 437 g/mol. The van der Waals surface area contributed by atoms with E-state index in [9.17, 15) is 4.79 Å². The third kappa shape index (κ3) is 4.32. The number of rotatable bonds is 5. The quantitative estimate of drug-likeness (QED) is 0.425. The maximum Gasteiger partial charge on any atom is 0.333 e. The fourth-order valence-corrected chi connectivity index (χ4v) is 3.76. The number of fused-ring (bicyclic) bond motifs is 1. The number of hydrogen-bond acceptors (Lipinski definition) is 6. The lowest BCUT2D eigenvalue weighted by molar-refractivity contribution is 0.402. The molecule has 0 fully saturated rings. The summed E-state index contributed by atoms with van der Waals surface area (Å²) in [4.78, 5) is 26.2. The van der Waals surface area contributed by atoms with Crippen molar-refractivity contribution >= 4 is 45.9 Å². The van der Waals surface area contributed by atoms with Crippen LogP contribution < -0.4 is 16.5 Å². The van der Waals surface area contributed by atoms with E-state index in [0.717, 1.165) is 16.8 Å². The monoisotopic (exact) mass is 455 g/mol. The molecule has 0 aliphatic rings. The lowest BCUT2D eigenvalue weighted by atomic mass is 10.2. The van der Waals surface area contributed by atoms with Gasteiger partial charge in [-0.2, -0.15) is 4.98 Å². The first-order chi connectivity index (χ1) is 14.8. The van der Waals surface area contributed by atoms with Gasteiger partial charge in [0, 0.05) is 18.4 Å². The second-order valence-electron chi connectivity index (χ2n) is 7.20. The molecule has 4 aromatic rings. The van der Waals surface area contributed by atoms with Crippen molar-refractivity contribution < 1.29 is 0 Å². The molecule has 0 spiro atoms. The molecule has 0 bridgehead atoms. The van der Waals surface area contributed by atoms with Crippen molar-refractivity contribution in [2.75, 3.05) is 19.4 Å². The van der Waals surface area contributed by atoms with Crippen molar-refractivity contribution in [2.45, 2.75) is 6.54 Å². The normalized spacial score (nSPS) is 11.3. The summed E-state index contributed by atoms with van der Waals surface area (Å²) in [6.45, 7) is 0.843. The van der Waals surface area contributed by atoms with Gasteiger partial charge in [-0.25, -0.2) is 14.3 Å². The van der Waals surface area contributed by atoms with Gasteiger partial charge in [0.05, 0.1) is 21.1 Å². The van der Waals surface area contributed by atoms with Gasteiger partial charge in [0.1, 0.15) is 5.49 Å². The molecule has 2 heterocycles. The molecule has 0 amide bonds. The van der Waals surface area contributed by atoms with Crippen LogP contribution in [0.2, 0.25) is 10.0 Å². The molecule has 4 rings (SSSR count). The number of hydrogen-bond donors (Lipinski definition) is 3. The van der Waals surface area contributed by atoms with Crippen LogP contribution in [0.25, 0.3) is 16.7 Å². The highest BCUT2D eigenvalue weighted by Crippen LogP contribution is 2.26. The Balaban J connectivity index is 1.71. The highest BCUT2D eigenvalue weighted by Gasteiger charge is 2.15. The number of nitrogens with zero attached hydrogens (tertiary/aromatic N) is 4. The topological polar surface area (TPSA) is 103 Å². The number of aromatic amines is 1. The number of benzene rings is 2. The second-order valence-corrected chi connectivity index (χ2v) is 8.01. The predicted molar refractivity (Wildman–Crippen MR) is 122 cm³/mol. The molecule has 0 saturated carbocycles. The van der Waals surface area contributed by atoms with E-state index in [1.807, 2.05) is 38.4 Å². The fourth-order valence-electron chi connectivity index (χ4n) is 3.19. The Morgan fingerprint density at radius 3 is 2.45 bits per heavy atom. The molecule has 10 heteroatoms. The third-order valence-electron chi connectivity index (χ3n) is 4.57. The van der Waals surface area contributed by atoms with Crippen molar-refractivity contribution in [3.8, 4) is 5.69 Å². The minimum atomic E-state index is -0.579. The zero-order chi connectivity index (χ0) is 22.1. The van der Waals surface area contributed by atoms with E-state index in [4.69, 9.17) is 28.6 Å². The van der Waals surface area contributed by atoms with Crippen LogP contribution in [0.5, 0.6) is 0 Å². The first-order valence-electron chi connectivity index (χ1n) is 9.35. The second kappa shape index (κ2) is 8.50. The van der Waals surface area contributed by atoms with Gasteiger partial charge in [0.2, 0.25) is 5.95 Å². The molecule has 8 nitrogen and oxygen atoms in total. The van der Waals surface area contributed by atoms with Crippen LogP contribution >= 0.6 is 23.2 Å². The molecule has 0 aliphatic heterocycles. The summed E-state index contributed by atoms with van der Waals surface area (Å²) in [5.74, 6) is 0.302. The van der Waals surface area contributed by atoms with Crippen LogP contribution in [-0.4, -0.2) is 38.5 Å². The van der Waals surface area contributed by atoms with Crippen molar-refractivity contribution in [2.24, 2.45) is 0 Å². The zero-order valence-corrected chi connectivity index (χ0v) is 18.3. The van der Waals surface area contributed by atoms with E-state index in [1.54, 1.807) is 18.2 Å². The van der Waals surface area contributed by atoms with Gasteiger partial charge in [-0.1, -0.05) is 41.4 Å². The molecular formula is C21H19Cl2N7O. The van der Waals surface area contributed by atoms with E-state index in [-0.39, 0.29) is 26.9 Å². The third-order valence-corrected chi connectivity index (χ3v) is 5.18. The summed E-state index contributed by atoms with van der Waals surface area (Å²) in [7, 11) is 4.03. The van der Waals surface area contributed by atoms with Crippen LogP contribution in [-0.2, 0) is 6.54 Å². The number of para-hydroxylation sites is 1. The molecule has 2 aromatic heterocycles. The van der Waals surface area contributed by atoms with Crippen LogP contribution in [0.15, 0.2) is 53.5 Å². The van der Waals surface area contributed by atoms with Gasteiger partial charge >= 0.3 is 5.69 Å². The standard InChI is InChI=1S/C21H19Cl2N7O/c1-29(2)11-12-6-8-13(9-7-12)26-20-25-10-14-18(24)30(21(31)28-19(14)27-20)17-15(22)4-3-5-16(17)23/h3-10,24H,11H2,1-2H3,(H2,25,26,27,28,31). The highest BCUT2D eigenvalue weighted by molar-refractivity contribution is 6.37. The van der Waals surface area contributed by atoms with Crippen molar-refractivity contribution in [1.82, 2.24) is 24.4 Å². The van der Waals surface area contributed by atoms with Crippen LogP contribution in [0.1, 0.15) is 5.56 Å². The summed E-state index contributed by atoms with van der Waals surface area (Å²) in [5.41, 5.74) is 1.76. The van der Waals surface area contributed by atoms with E-state index >= 15 is 0 Å². The Morgan fingerprint density at radius 1 is 1.13 bits per heavy atom. The molecule has 3 N–H and O–H groups in total. The first-order valence-corrected chi connectivity index (χ1v) is 10.1. The highest BCUT2D eigenvalue weighted by atomic mass is 35.5. The molecule has 31 heavy (non-hydrogen) atoms. The van der Waals surface area contributed by atoms with Crippen molar-refractivity contribution in [3.05, 3.63) is 80.2 Å². The summed E-state index contributed by atoms with van der Waals surface area (Å²) < 4.78 is 1.10.